The average Bonchev–Trinajstić information content (AvgIpc) is 2.25. The number of hydrogen-bond acceptors (Lipinski definition) is 5. The van der Waals surface area contributed by atoms with Crippen molar-refractivity contribution in [2.45, 2.75) is 39.3 Å². The van der Waals surface area contributed by atoms with Crippen LogP contribution >= 0.6 is 0 Å². The van der Waals surface area contributed by atoms with Gasteiger partial charge >= 0.3 is 6.09 Å². The van der Waals surface area contributed by atoms with Crippen LogP contribution in [0.5, 0.6) is 0 Å². The van der Waals surface area contributed by atoms with Gasteiger partial charge in [-0.2, -0.15) is 0 Å². The number of ether oxygens (including phenoxy) is 1. The van der Waals surface area contributed by atoms with E-state index in [0.29, 0.717) is 19.6 Å². The molecule has 1 atom stereocenters. The third kappa shape index (κ3) is 4.44. The van der Waals surface area contributed by atoms with Gasteiger partial charge in [0.1, 0.15) is 18.1 Å². The van der Waals surface area contributed by atoms with Crippen molar-refractivity contribution in [2.24, 2.45) is 0 Å². The summed E-state index contributed by atoms with van der Waals surface area (Å²) in [6.07, 6.45) is 1.75. The summed E-state index contributed by atoms with van der Waals surface area (Å²) in [5.74, 6) is 0. The number of aliphatic hydroxyl groups is 1. The van der Waals surface area contributed by atoms with Crippen molar-refractivity contribution >= 4 is 6.09 Å². The van der Waals surface area contributed by atoms with Crippen LogP contribution in [0.4, 0.5) is 4.79 Å². The van der Waals surface area contributed by atoms with E-state index in [2.05, 4.69) is 0 Å². The lowest BCUT2D eigenvalue weighted by Gasteiger charge is -2.38. The molecule has 0 aromatic rings. The van der Waals surface area contributed by atoms with E-state index in [4.69, 9.17) is 14.7 Å². The predicted molar refractivity (Wildman–Crippen MR) is 66.8 cm³/mol. The molecule has 6 nitrogen and oxygen atoms in total. The zero-order valence-electron chi connectivity index (χ0n) is 11.4. The molecule has 1 aliphatic heterocycles. The van der Waals surface area contributed by atoms with Crippen molar-refractivity contribution in [3.8, 4) is 0 Å². The predicted octanol–water partition coefficient (Wildman–Crippen LogP) is 1.89. The molecule has 1 aliphatic rings. The lowest BCUT2D eigenvalue weighted by Crippen LogP contribution is -2.53. The average molecular weight is 258 g/mol. The molecule has 1 unspecified atom stereocenters. The molecule has 0 aromatic heterocycles. The van der Waals surface area contributed by atoms with Crippen LogP contribution in [-0.2, 0) is 9.57 Å². The van der Waals surface area contributed by atoms with Crippen molar-refractivity contribution in [3.63, 3.8) is 0 Å². The molecule has 1 amide bonds. The standard InChI is InChI=1S/C12H22N2O4/c1-10-9-13(11(16)18-12(2,3)4)5-6-14(10)17-8-7-15/h7-8,10,15H,5-6,9H2,1-4H3. The molecular weight excluding hydrogens is 236 g/mol. The number of carbonyl (C=O) groups excluding carboxylic acids is 1. The summed E-state index contributed by atoms with van der Waals surface area (Å²) >= 11 is 0. The molecule has 0 spiro atoms. The monoisotopic (exact) mass is 258 g/mol. The molecular formula is C12H22N2O4. The molecule has 0 aromatic carbocycles. The second-order valence-electron chi connectivity index (χ2n) is 5.31. The van der Waals surface area contributed by atoms with Gasteiger partial charge in [0.05, 0.1) is 12.6 Å². The first kappa shape index (κ1) is 14.6. The van der Waals surface area contributed by atoms with Gasteiger partial charge < -0.3 is 19.6 Å². The second kappa shape index (κ2) is 5.95. The fraction of sp³-hybridized carbons (Fsp3) is 0.750. The maximum atomic E-state index is 11.9. The van der Waals surface area contributed by atoms with Gasteiger partial charge in [-0.25, -0.2) is 4.79 Å². The highest BCUT2D eigenvalue weighted by Crippen LogP contribution is 2.15. The van der Waals surface area contributed by atoms with E-state index in [1.165, 1.54) is 6.26 Å². The number of amides is 1. The number of piperazine rings is 1. The Bertz CT molecular complexity index is 312. The minimum absolute atomic E-state index is 0.0440. The molecule has 0 bridgehead atoms. The Morgan fingerprint density at radius 2 is 2.06 bits per heavy atom. The van der Waals surface area contributed by atoms with Crippen LogP contribution in [-0.4, -0.2) is 52.4 Å². The Kier molecular flexibility index (Phi) is 4.84. The largest absolute Gasteiger partial charge is 0.512 e. The van der Waals surface area contributed by atoms with Gasteiger partial charge in [-0.3, -0.25) is 0 Å². The van der Waals surface area contributed by atoms with E-state index in [0.717, 1.165) is 6.26 Å². The first-order valence-electron chi connectivity index (χ1n) is 6.04. The van der Waals surface area contributed by atoms with E-state index < -0.39 is 5.60 Å². The first-order chi connectivity index (χ1) is 8.33. The van der Waals surface area contributed by atoms with E-state index in [-0.39, 0.29) is 12.1 Å². The van der Waals surface area contributed by atoms with E-state index >= 15 is 0 Å². The molecule has 18 heavy (non-hydrogen) atoms. The molecule has 1 rings (SSSR count). The highest BCUT2D eigenvalue weighted by molar-refractivity contribution is 5.68. The number of aliphatic hydroxyl groups excluding tert-OH is 1. The van der Waals surface area contributed by atoms with E-state index in [1.54, 1.807) is 9.96 Å². The zero-order chi connectivity index (χ0) is 13.8. The molecule has 0 aliphatic carbocycles. The van der Waals surface area contributed by atoms with Crippen LogP contribution in [0.25, 0.3) is 0 Å². The first-order valence-corrected chi connectivity index (χ1v) is 6.04. The topological polar surface area (TPSA) is 62.2 Å². The van der Waals surface area contributed by atoms with Gasteiger partial charge in [0.25, 0.3) is 0 Å². The maximum absolute atomic E-state index is 11.9. The van der Waals surface area contributed by atoms with Gasteiger partial charge in [0.2, 0.25) is 0 Å². The van der Waals surface area contributed by atoms with Gasteiger partial charge in [0.15, 0.2) is 0 Å². The van der Waals surface area contributed by atoms with Crippen LogP contribution in [0.3, 0.4) is 0 Å². The number of hydrogen-bond donors (Lipinski definition) is 1. The molecule has 104 valence electrons. The minimum atomic E-state index is -0.479. The van der Waals surface area contributed by atoms with Crippen molar-refractivity contribution < 1.29 is 19.5 Å². The van der Waals surface area contributed by atoms with Crippen LogP contribution < -0.4 is 0 Å². The summed E-state index contributed by atoms with van der Waals surface area (Å²) < 4.78 is 5.32. The molecule has 0 saturated carbocycles. The van der Waals surface area contributed by atoms with Gasteiger partial charge in [-0.15, -0.1) is 5.06 Å². The molecule has 1 heterocycles. The van der Waals surface area contributed by atoms with Gasteiger partial charge in [-0.1, -0.05) is 0 Å². The maximum Gasteiger partial charge on any atom is 0.410 e. The fourth-order valence-electron chi connectivity index (χ4n) is 1.70. The molecule has 1 N–H and O–H groups in total. The van der Waals surface area contributed by atoms with E-state index in [9.17, 15) is 4.79 Å². The van der Waals surface area contributed by atoms with Crippen molar-refractivity contribution in [1.29, 1.82) is 0 Å². The highest BCUT2D eigenvalue weighted by atomic mass is 16.7. The number of carbonyl (C=O) groups is 1. The van der Waals surface area contributed by atoms with E-state index in [1.807, 2.05) is 27.7 Å². The van der Waals surface area contributed by atoms with Crippen molar-refractivity contribution in [2.75, 3.05) is 19.6 Å². The normalized spacial score (nSPS) is 22.2. The summed E-state index contributed by atoms with van der Waals surface area (Å²) in [5, 5.41) is 10.3. The van der Waals surface area contributed by atoms with Gasteiger partial charge in [-0.05, 0) is 27.7 Å². The molecule has 1 fully saturated rings. The summed E-state index contributed by atoms with van der Waals surface area (Å²) in [5.41, 5.74) is -0.479. The van der Waals surface area contributed by atoms with Crippen LogP contribution in [0, 0.1) is 0 Å². The summed E-state index contributed by atoms with van der Waals surface area (Å²) in [4.78, 5) is 18.7. The second-order valence-corrected chi connectivity index (χ2v) is 5.31. The summed E-state index contributed by atoms with van der Waals surface area (Å²) in [6.45, 7) is 9.14. The Morgan fingerprint density at radius 1 is 1.39 bits per heavy atom. The number of hydroxylamine groups is 2. The smallest absolute Gasteiger partial charge is 0.410 e. The fourth-order valence-corrected chi connectivity index (χ4v) is 1.70. The molecule has 6 heteroatoms. The summed E-state index contributed by atoms with van der Waals surface area (Å²) in [6, 6.07) is 0.0440. The Hall–Kier alpha value is -1.43. The third-order valence-electron chi connectivity index (χ3n) is 2.48. The zero-order valence-corrected chi connectivity index (χ0v) is 11.4. The Labute approximate surface area is 108 Å². The number of nitrogens with zero attached hydrogens (tertiary/aromatic N) is 2. The summed E-state index contributed by atoms with van der Waals surface area (Å²) in [7, 11) is 0. The highest BCUT2D eigenvalue weighted by Gasteiger charge is 2.30. The molecule has 0 radical (unpaired) electrons. The SMILES string of the molecule is CC1CN(C(=O)OC(C)(C)C)CCN1OC=CO. The van der Waals surface area contributed by atoms with Crippen molar-refractivity contribution in [1.82, 2.24) is 9.96 Å². The number of rotatable bonds is 2. The lowest BCUT2D eigenvalue weighted by atomic mass is 10.2. The quantitative estimate of drug-likeness (QED) is 0.766. The molecule has 1 saturated heterocycles. The Morgan fingerprint density at radius 3 is 2.56 bits per heavy atom. The van der Waals surface area contributed by atoms with Crippen LogP contribution in [0.15, 0.2) is 12.5 Å². The van der Waals surface area contributed by atoms with Crippen molar-refractivity contribution in [3.05, 3.63) is 12.5 Å². The third-order valence-corrected chi connectivity index (χ3v) is 2.48. The Balaban J connectivity index is 2.47. The van der Waals surface area contributed by atoms with Crippen LogP contribution in [0.1, 0.15) is 27.7 Å². The van der Waals surface area contributed by atoms with Gasteiger partial charge in [0, 0.05) is 13.1 Å². The van der Waals surface area contributed by atoms with Crippen LogP contribution in [0.2, 0.25) is 0 Å². The lowest BCUT2D eigenvalue weighted by molar-refractivity contribution is -0.157. The minimum Gasteiger partial charge on any atom is -0.512 e.